The van der Waals surface area contributed by atoms with Gasteiger partial charge in [-0.05, 0) is 187 Å². The van der Waals surface area contributed by atoms with Crippen LogP contribution < -0.4 is 62.1 Å². The molecule has 0 bridgehead atoms. The third-order valence-electron chi connectivity index (χ3n) is 15.6. The number of β-amino-alcohol motifs (C(OH)–C–C–N with tert-alkyl or cyclic N) is 1. The molecule has 0 aliphatic carbocycles. The van der Waals surface area contributed by atoms with Gasteiger partial charge in [0.25, 0.3) is 0 Å². The van der Waals surface area contributed by atoms with E-state index < -0.39 is 23.1 Å². The highest BCUT2D eigenvalue weighted by Crippen LogP contribution is 2.30. The van der Waals surface area contributed by atoms with Gasteiger partial charge in [0.2, 0.25) is 35.6 Å². The third-order valence-corrected chi connectivity index (χ3v) is 15.6. The van der Waals surface area contributed by atoms with Crippen LogP contribution in [0.15, 0.2) is 202 Å². The van der Waals surface area contributed by atoms with Gasteiger partial charge in [0.15, 0.2) is 34.9 Å². The number of nitrogens with one attached hydrogen (secondary N) is 9. The van der Waals surface area contributed by atoms with Crippen molar-refractivity contribution in [3.05, 3.63) is 219 Å². The lowest BCUT2D eigenvalue weighted by Gasteiger charge is -2.28. The molecule has 5 heterocycles. The molecular weight excluding hydrogens is 1350 g/mol. The minimum absolute atomic E-state index is 0.00720. The molecule has 548 valence electrons. The van der Waals surface area contributed by atoms with Gasteiger partial charge in [0.05, 0.1) is 44.5 Å². The second-order valence-corrected chi connectivity index (χ2v) is 24.6. The molecule has 0 saturated carbocycles. The first-order valence-electron chi connectivity index (χ1n) is 33.5. The van der Waals surface area contributed by atoms with Crippen molar-refractivity contribution >= 4 is 104 Å². The van der Waals surface area contributed by atoms with Gasteiger partial charge >= 0.3 is 0 Å². The highest BCUT2D eigenvalue weighted by Gasteiger charge is 2.22. The number of anilines is 15. The molecule has 9 aromatic rings. The number of benzene rings is 6. The molecule has 11 N–H and O–H groups in total. The van der Waals surface area contributed by atoms with Crippen LogP contribution in [0.1, 0.15) is 33.1 Å². The molecule has 0 radical (unpaired) electrons. The number of carbonyl (C=O) groups is 3. The number of amides is 3. The molecule has 6 aromatic carbocycles. The number of nitrogens with zero attached hydrogens (tertiary/aromatic N) is 8. The van der Waals surface area contributed by atoms with Gasteiger partial charge in [-0.3, -0.25) is 19.3 Å². The van der Waals surface area contributed by atoms with E-state index in [-0.39, 0.29) is 65.7 Å². The summed E-state index contributed by atoms with van der Waals surface area (Å²) in [7, 11) is 3.76. The molecular formula is C76H84F3N17O9. The summed E-state index contributed by atoms with van der Waals surface area (Å²) in [6.07, 6.45) is 11.6. The van der Waals surface area contributed by atoms with Crippen molar-refractivity contribution in [3.63, 3.8) is 0 Å². The van der Waals surface area contributed by atoms with Crippen molar-refractivity contribution in [2.75, 3.05) is 121 Å². The number of aromatic nitrogens is 6. The Morgan fingerprint density at radius 1 is 0.543 bits per heavy atom. The maximum atomic E-state index is 14.5. The van der Waals surface area contributed by atoms with E-state index in [2.05, 4.69) is 108 Å². The van der Waals surface area contributed by atoms with Crippen LogP contribution in [-0.2, 0) is 19.1 Å². The Hall–Kier alpha value is -12.0. The molecule has 26 nitrogen and oxygen atoms in total. The van der Waals surface area contributed by atoms with Crippen LogP contribution >= 0.6 is 0 Å². The SMILES string of the molecule is C=CC(=O)Nc1cccc(Nc2nc(Nc3ccc(OCC4CCN(C)CC4)cc3)ncc2F)c1.C=CC(=O)Nc1cccc(Nc2nc(Nc3cccc(OC(C)(C)CO)c3)ncc2F)c1.COCCOc1ccc(Nc2ncc(F)c(Nc3cccc(NC(=O)/C=C/CN4CC[C@@H](O)C4)c3)n2)cc1. The van der Waals surface area contributed by atoms with Crippen molar-refractivity contribution in [3.8, 4) is 17.2 Å². The third kappa shape index (κ3) is 25.8. The van der Waals surface area contributed by atoms with Crippen LogP contribution in [0.25, 0.3) is 0 Å². The number of rotatable bonds is 30. The first kappa shape index (κ1) is 77.1. The quantitative estimate of drug-likeness (QED) is 0.0147. The number of methoxy groups -OCH3 is 1. The molecule has 3 aromatic heterocycles. The van der Waals surface area contributed by atoms with Crippen LogP contribution in [0.5, 0.6) is 17.2 Å². The summed E-state index contributed by atoms with van der Waals surface area (Å²) in [4.78, 5) is 64.4. The van der Waals surface area contributed by atoms with E-state index in [9.17, 15) is 37.8 Å². The first-order chi connectivity index (χ1) is 50.7. The Bertz CT molecular complexity index is 4400. The van der Waals surface area contributed by atoms with Gasteiger partial charge in [-0.25, -0.2) is 28.1 Å². The van der Waals surface area contributed by atoms with E-state index in [0.29, 0.717) is 89.2 Å². The summed E-state index contributed by atoms with van der Waals surface area (Å²) in [5.74, 6) is 0.379. The number of carbonyl (C=O) groups excluding carboxylic acids is 3. The average Bonchev–Trinajstić information content (AvgIpc) is 1.06. The number of likely N-dealkylation sites (tertiary alicyclic amines) is 2. The van der Waals surface area contributed by atoms with Gasteiger partial charge in [-0.2, -0.15) is 15.0 Å². The zero-order valence-electron chi connectivity index (χ0n) is 58.4. The lowest BCUT2D eigenvalue weighted by molar-refractivity contribution is -0.112. The highest BCUT2D eigenvalue weighted by atomic mass is 19.1. The van der Waals surface area contributed by atoms with E-state index >= 15 is 0 Å². The predicted molar refractivity (Wildman–Crippen MR) is 402 cm³/mol. The van der Waals surface area contributed by atoms with Crippen LogP contribution in [0.2, 0.25) is 0 Å². The minimum atomic E-state index is -0.734. The summed E-state index contributed by atoms with van der Waals surface area (Å²) < 4.78 is 65.3. The van der Waals surface area contributed by atoms with E-state index in [0.717, 1.165) is 81.6 Å². The second-order valence-electron chi connectivity index (χ2n) is 24.6. The molecule has 11 rings (SSSR count). The van der Waals surface area contributed by atoms with Crippen molar-refractivity contribution in [1.82, 2.24) is 39.7 Å². The maximum Gasteiger partial charge on any atom is 0.248 e. The van der Waals surface area contributed by atoms with Crippen molar-refractivity contribution < 1.29 is 56.7 Å². The fraction of sp³-hybridized carbons (Fsp3) is 0.250. The van der Waals surface area contributed by atoms with Crippen molar-refractivity contribution in [2.24, 2.45) is 5.92 Å². The van der Waals surface area contributed by atoms with Gasteiger partial charge in [0.1, 0.15) is 29.5 Å². The Labute approximate surface area is 606 Å². The van der Waals surface area contributed by atoms with Gasteiger partial charge < -0.3 is 81.9 Å². The standard InChI is InChI=1S/C27H31FN6O4.C26H29FN6O2.C23H24FN5O3/c1-37-14-15-38-23-9-7-19(8-10-23)32-27-29-17-24(28)26(33-27)31-21-5-2-4-20(16-21)30-25(36)6-3-12-34-13-11-22(35)18-34;1-3-24(34)29-20-5-4-6-21(15-20)30-25-23(27)16-28-26(32-25)31-19-7-9-22(10-8-19)35-17-18-11-13-33(2)14-12-18;1-4-20(31)26-15-7-5-8-16(11-15)27-21-19(24)13-25-22(29-21)28-17-9-6-10-18(12-17)32-23(2,3)14-30/h2-10,16-17,22,35H,11-15,18H2,1H3,(H,30,36)(H2,29,31,32,33);3-10,15-16,18H,1,11-14,17H2,2H3,(H,29,34)(H2,28,30,31,32);4-13,30H,1,14H2,2-3H3,(H,26,31)(H2,25,27,28,29)/b6-3+;;/t22-;;/m1../s1. The molecule has 0 spiro atoms. The molecule has 29 heteroatoms. The van der Waals surface area contributed by atoms with Gasteiger partial charge in [0, 0.05) is 90.1 Å². The largest absolute Gasteiger partial charge is 0.493 e. The Morgan fingerprint density at radius 3 is 1.41 bits per heavy atom. The zero-order valence-corrected chi connectivity index (χ0v) is 58.4. The van der Waals surface area contributed by atoms with Crippen LogP contribution in [-0.4, -0.2) is 153 Å². The summed E-state index contributed by atoms with van der Waals surface area (Å²) in [5.41, 5.74) is 4.59. The predicted octanol–water partition coefficient (Wildman–Crippen LogP) is 13.0. The van der Waals surface area contributed by atoms with Crippen molar-refractivity contribution in [1.29, 1.82) is 0 Å². The fourth-order valence-electron chi connectivity index (χ4n) is 10.2. The second kappa shape index (κ2) is 38.9. The molecule has 2 fully saturated rings. The monoisotopic (exact) mass is 1440 g/mol. The number of hydrogen-bond acceptors (Lipinski definition) is 23. The minimum Gasteiger partial charge on any atom is -0.493 e. The number of halogens is 3. The molecule has 2 saturated heterocycles. The molecule has 3 amide bonds. The summed E-state index contributed by atoms with van der Waals surface area (Å²) in [6, 6.07) is 42.3. The normalized spacial score (nSPS) is 13.7. The molecule has 105 heavy (non-hydrogen) atoms. The average molecular weight is 1440 g/mol. The summed E-state index contributed by atoms with van der Waals surface area (Å²) in [6.45, 7) is 16.2. The zero-order chi connectivity index (χ0) is 74.5. The Morgan fingerprint density at radius 2 is 0.971 bits per heavy atom. The van der Waals surface area contributed by atoms with Crippen LogP contribution in [0.3, 0.4) is 0 Å². The van der Waals surface area contributed by atoms with Gasteiger partial charge in [-0.15, -0.1) is 0 Å². The Balaban J connectivity index is 0.000000183. The maximum absolute atomic E-state index is 14.5. The smallest absolute Gasteiger partial charge is 0.248 e. The molecule has 2 aliphatic rings. The van der Waals surface area contributed by atoms with E-state index in [1.54, 1.807) is 148 Å². The lowest BCUT2D eigenvalue weighted by atomic mass is 9.98. The van der Waals surface area contributed by atoms with Crippen LogP contribution in [0, 0.1) is 23.4 Å². The number of hydrogen-bond donors (Lipinski definition) is 11. The number of aliphatic hydroxyl groups is 2. The first-order valence-corrected chi connectivity index (χ1v) is 33.5. The Kier molecular flexibility index (Phi) is 28.5. The van der Waals surface area contributed by atoms with E-state index in [1.807, 2.05) is 24.3 Å². The fourth-order valence-corrected chi connectivity index (χ4v) is 10.2. The summed E-state index contributed by atoms with van der Waals surface area (Å²) in [5, 5.41) is 44.9. The summed E-state index contributed by atoms with van der Waals surface area (Å²) >= 11 is 0. The van der Waals surface area contributed by atoms with E-state index in [4.69, 9.17) is 18.9 Å². The number of aliphatic hydroxyl groups excluding tert-OH is 2. The van der Waals surface area contributed by atoms with Crippen molar-refractivity contribution in [2.45, 2.75) is 44.8 Å². The van der Waals surface area contributed by atoms with Gasteiger partial charge in [-0.1, -0.05) is 43.5 Å². The van der Waals surface area contributed by atoms with E-state index in [1.165, 1.54) is 12.2 Å². The number of ether oxygens (including phenoxy) is 4. The molecule has 0 unspecified atom stereocenters. The van der Waals surface area contributed by atoms with Crippen LogP contribution in [0.4, 0.5) is 99.7 Å². The molecule has 2 aliphatic heterocycles. The number of piperidine rings is 1. The molecule has 1 atom stereocenters. The highest BCUT2D eigenvalue weighted by molar-refractivity contribution is 6.00. The topological polar surface area (TPSA) is 321 Å². The lowest BCUT2D eigenvalue weighted by Crippen LogP contribution is -2.32.